The van der Waals surface area contributed by atoms with E-state index in [1.54, 1.807) is 11.0 Å². The first kappa shape index (κ1) is 23.1. The summed E-state index contributed by atoms with van der Waals surface area (Å²) < 4.78 is 5.78. The van der Waals surface area contributed by atoms with Gasteiger partial charge in [-0.1, -0.05) is 40.2 Å². The predicted molar refractivity (Wildman–Crippen MR) is 125 cm³/mol. The fourth-order valence-corrected chi connectivity index (χ4v) is 4.73. The molecule has 1 aromatic heterocycles. The van der Waals surface area contributed by atoms with Gasteiger partial charge in [0.2, 0.25) is 0 Å². The number of likely N-dealkylation sites (tertiary alicyclic amines) is 1. The fourth-order valence-electron chi connectivity index (χ4n) is 3.88. The van der Waals surface area contributed by atoms with Gasteiger partial charge >= 0.3 is 0 Å². The molecule has 1 unspecified atom stereocenters. The summed E-state index contributed by atoms with van der Waals surface area (Å²) in [4.78, 5) is 28.3. The van der Waals surface area contributed by atoms with E-state index in [9.17, 15) is 14.7 Å². The Hall–Kier alpha value is -2.60. The van der Waals surface area contributed by atoms with Crippen LogP contribution >= 0.6 is 11.3 Å². The van der Waals surface area contributed by atoms with Crippen molar-refractivity contribution < 1.29 is 19.4 Å². The maximum Gasteiger partial charge on any atom is 0.295 e. The highest BCUT2D eigenvalue weighted by Crippen LogP contribution is 2.42. The summed E-state index contributed by atoms with van der Waals surface area (Å²) in [6, 6.07) is 8.69. The molecule has 31 heavy (non-hydrogen) atoms. The average molecular weight is 442 g/mol. The molecule has 0 spiro atoms. The van der Waals surface area contributed by atoms with E-state index in [2.05, 4.69) is 20.8 Å². The normalized spacial score (nSPS) is 18.6. The molecule has 6 heteroatoms. The summed E-state index contributed by atoms with van der Waals surface area (Å²) in [5, 5.41) is 13.2. The van der Waals surface area contributed by atoms with Gasteiger partial charge in [-0.3, -0.25) is 9.59 Å². The molecule has 3 rings (SSSR count). The van der Waals surface area contributed by atoms with Gasteiger partial charge in [0.1, 0.15) is 11.5 Å². The largest absolute Gasteiger partial charge is 0.507 e. The molecule has 166 valence electrons. The number of carbonyl (C=O) groups is 2. The van der Waals surface area contributed by atoms with Crippen molar-refractivity contribution >= 4 is 28.8 Å². The number of benzene rings is 1. The molecule has 0 saturated carbocycles. The summed E-state index contributed by atoms with van der Waals surface area (Å²) in [6.45, 7) is 11.2. The van der Waals surface area contributed by atoms with E-state index in [0.29, 0.717) is 18.7 Å². The molecule has 5 nitrogen and oxygen atoms in total. The van der Waals surface area contributed by atoms with Crippen LogP contribution in [0.5, 0.6) is 5.75 Å². The lowest BCUT2D eigenvalue weighted by atomic mass is 9.84. The minimum absolute atomic E-state index is 0.135. The van der Waals surface area contributed by atoms with Gasteiger partial charge < -0.3 is 14.7 Å². The van der Waals surface area contributed by atoms with Crippen molar-refractivity contribution in [2.24, 2.45) is 0 Å². The van der Waals surface area contributed by atoms with Crippen LogP contribution < -0.4 is 4.74 Å². The number of hydrogen-bond acceptors (Lipinski definition) is 5. The molecule has 2 heterocycles. The zero-order chi connectivity index (χ0) is 22.8. The Labute approximate surface area is 188 Å². The van der Waals surface area contributed by atoms with Crippen LogP contribution in [0, 0.1) is 0 Å². The van der Waals surface area contributed by atoms with Crippen LogP contribution in [0.3, 0.4) is 0 Å². The van der Waals surface area contributed by atoms with Crippen LogP contribution in [-0.4, -0.2) is 34.8 Å². The predicted octanol–water partition coefficient (Wildman–Crippen LogP) is 5.67. The van der Waals surface area contributed by atoms with E-state index < -0.39 is 17.7 Å². The number of carbonyl (C=O) groups excluding carboxylic acids is 2. The number of thiophene rings is 1. The van der Waals surface area contributed by atoms with Gasteiger partial charge in [0.25, 0.3) is 11.7 Å². The van der Waals surface area contributed by atoms with E-state index in [4.69, 9.17) is 4.74 Å². The van der Waals surface area contributed by atoms with Gasteiger partial charge in [-0.2, -0.15) is 0 Å². The second-order valence-electron chi connectivity index (χ2n) is 8.76. The van der Waals surface area contributed by atoms with Crippen molar-refractivity contribution in [1.82, 2.24) is 4.90 Å². The first-order valence-corrected chi connectivity index (χ1v) is 11.7. The second kappa shape index (κ2) is 9.27. The summed E-state index contributed by atoms with van der Waals surface area (Å²) in [7, 11) is 0. The molecule has 1 aromatic carbocycles. The minimum Gasteiger partial charge on any atom is -0.507 e. The van der Waals surface area contributed by atoms with Crippen LogP contribution in [0.4, 0.5) is 0 Å². The quantitative estimate of drug-likeness (QED) is 0.342. The van der Waals surface area contributed by atoms with Crippen molar-refractivity contribution in [3.63, 3.8) is 0 Å². The van der Waals surface area contributed by atoms with E-state index in [1.165, 1.54) is 11.3 Å². The van der Waals surface area contributed by atoms with E-state index in [1.807, 2.05) is 43.5 Å². The molecule has 1 fully saturated rings. The second-order valence-corrected chi connectivity index (χ2v) is 9.73. The maximum absolute atomic E-state index is 13.0. The molecule has 1 atom stereocenters. The van der Waals surface area contributed by atoms with Gasteiger partial charge in [-0.15, -0.1) is 11.3 Å². The van der Waals surface area contributed by atoms with Gasteiger partial charge in [0.15, 0.2) is 0 Å². The first-order chi connectivity index (χ1) is 14.7. The molecule has 1 saturated heterocycles. The topological polar surface area (TPSA) is 66.8 Å². The fraction of sp³-hybridized carbons (Fsp3) is 0.440. The smallest absolute Gasteiger partial charge is 0.295 e. The van der Waals surface area contributed by atoms with Crippen LogP contribution in [0.15, 0.2) is 41.3 Å². The molecular formula is C25H31NO4S. The van der Waals surface area contributed by atoms with Crippen LogP contribution in [-0.2, 0) is 15.0 Å². The van der Waals surface area contributed by atoms with E-state index >= 15 is 0 Å². The molecule has 2 aromatic rings. The van der Waals surface area contributed by atoms with Gasteiger partial charge in [-0.25, -0.2) is 0 Å². The third kappa shape index (κ3) is 4.54. The van der Waals surface area contributed by atoms with Crippen molar-refractivity contribution in [2.45, 2.75) is 58.9 Å². The highest BCUT2D eigenvalue weighted by molar-refractivity contribution is 7.10. The minimum atomic E-state index is -0.627. The lowest BCUT2D eigenvalue weighted by molar-refractivity contribution is -0.139. The van der Waals surface area contributed by atoms with Crippen LogP contribution in [0.1, 0.15) is 69.5 Å². The van der Waals surface area contributed by atoms with Crippen LogP contribution in [0.25, 0.3) is 5.76 Å². The summed E-state index contributed by atoms with van der Waals surface area (Å²) in [5.41, 5.74) is 1.39. The molecule has 1 aliphatic rings. The van der Waals surface area contributed by atoms with E-state index in [-0.39, 0.29) is 16.7 Å². The SMILES string of the molecule is CCCCN1C(=O)C(=O)/C(=C(\O)c2ccc(OCC)c(C(C)(C)C)c2)C1c1cccs1. The molecule has 1 aliphatic heterocycles. The number of nitrogens with zero attached hydrogens (tertiary/aromatic N) is 1. The van der Waals surface area contributed by atoms with Gasteiger partial charge in [-0.05, 0) is 48.4 Å². The molecule has 1 amide bonds. The number of ketones is 1. The monoisotopic (exact) mass is 441 g/mol. The highest BCUT2D eigenvalue weighted by atomic mass is 32.1. The van der Waals surface area contributed by atoms with Gasteiger partial charge in [0.05, 0.1) is 18.2 Å². The maximum atomic E-state index is 13.0. The number of hydrogen-bond donors (Lipinski definition) is 1. The number of aliphatic hydroxyl groups is 1. The van der Waals surface area contributed by atoms with Gasteiger partial charge in [0, 0.05) is 22.5 Å². The van der Waals surface area contributed by atoms with Crippen molar-refractivity contribution in [3.8, 4) is 5.75 Å². The zero-order valence-electron chi connectivity index (χ0n) is 18.9. The third-order valence-electron chi connectivity index (χ3n) is 5.47. The Morgan fingerprint density at radius 1 is 1.19 bits per heavy atom. The Morgan fingerprint density at radius 2 is 1.94 bits per heavy atom. The lowest BCUT2D eigenvalue weighted by Crippen LogP contribution is -2.30. The zero-order valence-corrected chi connectivity index (χ0v) is 19.7. The number of aliphatic hydroxyl groups excluding tert-OH is 1. The summed E-state index contributed by atoms with van der Waals surface area (Å²) in [5.74, 6) is -0.553. The Kier molecular flexibility index (Phi) is 6.90. The number of rotatable bonds is 7. The highest BCUT2D eigenvalue weighted by Gasteiger charge is 2.46. The Morgan fingerprint density at radius 3 is 2.52 bits per heavy atom. The molecular weight excluding hydrogens is 410 g/mol. The van der Waals surface area contributed by atoms with E-state index in [0.717, 1.165) is 29.0 Å². The van der Waals surface area contributed by atoms with Crippen molar-refractivity contribution in [1.29, 1.82) is 0 Å². The molecule has 1 N–H and O–H groups in total. The van der Waals surface area contributed by atoms with Crippen molar-refractivity contribution in [3.05, 3.63) is 57.3 Å². The average Bonchev–Trinajstić information content (AvgIpc) is 3.33. The Bertz CT molecular complexity index is 985. The molecule has 0 bridgehead atoms. The number of ether oxygens (including phenoxy) is 1. The first-order valence-electron chi connectivity index (χ1n) is 10.8. The molecule has 0 radical (unpaired) electrons. The van der Waals surface area contributed by atoms with Crippen LogP contribution in [0.2, 0.25) is 0 Å². The third-order valence-corrected chi connectivity index (χ3v) is 6.39. The molecule has 0 aliphatic carbocycles. The van der Waals surface area contributed by atoms with Crippen molar-refractivity contribution in [2.75, 3.05) is 13.2 Å². The Balaban J connectivity index is 2.16. The number of unbranched alkanes of at least 4 members (excludes halogenated alkanes) is 1. The lowest BCUT2D eigenvalue weighted by Gasteiger charge is -2.25. The number of amides is 1. The summed E-state index contributed by atoms with van der Waals surface area (Å²) in [6.07, 6.45) is 1.71. The standard InChI is InChI=1S/C25H31NO4S/c1-6-8-13-26-21(19-10-9-14-31-19)20(23(28)24(26)29)22(27)16-11-12-18(30-7-2)17(15-16)25(3,4)5/h9-12,14-15,21,27H,6-8,13H2,1-5H3/b22-20-. The number of Topliss-reactive ketones (excluding diaryl/α,β-unsaturated/α-hetero) is 1. The summed E-state index contributed by atoms with van der Waals surface area (Å²) >= 11 is 1.48.